The minimum atomic E-state index is -0.570. The van der Waals surface area contributed by atoms with Gasteiger partial charge in [0, 0.05) is 52.0 Å². The predicted molar refractivity (Wildman–Crippen MR) is 131 cm³/mol. The maximum atomic E-state index is 10.6. The van der Waals surface area contributed by atoms with Crippen LogP contribution in [0.4, 0.5) is 5.88 Å². The molecule has 1 unspecified atom stereocenters. The largest absolute Gasteiger partial charge is 0.389 e. The van der Waals surface area contributed by atoms with E-state index in [9.17, 15) is 5.11 Å². The van der Waals surface area contributed by atoms with Crippen LogP contribution in [0.5, 0.6) is 0 Å². The van der Waals surface area contributed by atoms with Gasteiger partial charge in [-0.2, -0.15) is 0 Å². The molecule has 1 atom stereocenters. The number of rotatable bonds is 13. The van der Waals surface area contributed by atoms with Crippen molar-refractivity contribution in [2.24, 2.45) is 11.8 Å². The Labute approximate surface area is 198 Å². The summed E-state index contributed by atoms with van der Waals surface area (Å²) in [5.41, 5.74) is 2.99. The van der Waals surface area contributed by atoms with E-state index < -0.39 is 6.10 Å². The summed E-state index contributed by atoms with van der Waals surface area (Å²) in [5, 5.41) is 15.1. The number of piperidine rings is 1. The summed E-state index contributed by atoms with van der Waals surface area (Å²) in [4.78, 5) is 4.54. The van der Waals surface area contributed by atoms with E-state index in [-0.39, 0.29) is 0 Å². The van der Waals surface area contributed by atoms with Gasteiger partial charge in [0.1, 0.15) is 5.69 Å². The topological polar surface area (TPSA) is 71.2 Å². The molecule has 1 saturated heterocycles. The zero-order chi connectivity index (χ0) is 23.6. The normalized spacial score (nSPS) is 16.2. The Morgan fingerprint density at radius 1 is 1.18 bits per heavy atom. The lowest BCUT2D eigenvalue weighted by Gasteiger charge is -2.31. The zero-order valence-corrected chi connectivity index (χ0v) is 20.7. The molecule has 1 N–H and O–H groups in total. The first-order valence-corrected chi connectivity index (χ1v) is 12.2. The number of hydrogen-bond acceptors (Lipinski definition) is 7. The van der Waals surface area contributed by atoms with E-state index in [0.717, 1.165) is 54.6 Å². The highest BCUT2D eigenvalue weighted by Gasteiger charge is 2.27. The number of methoxy groups -OCH3 is 1. The molecule has 0 bridgehead atoms. The fraction of sp³-hybridized carbons (Fsp3) is 0.654. The first-order valence-electron chi connectivity index (χ1n) is 12.2. The molecule has 1 aliphatic heterocycles. The molecule has 0 saturated carbocycles. The maximum absolute atomic E-state index is 10.6. The molecule has 33 heavy (non-hydrogen) atoms. The number of benzene rings is 1. The van der Waals surface area contributed by atoms with Crippen molar-refractivity contribution >= 4 is 5.88 Å². The van der Waals surface area contributed by atoms with Gasteiger partial charge < -0.3 is 24.0 Å². The molecule has 2 heterocycles. The Kier molecular flexibility index (Phi) is 10.2. The van der Waals surface area contributed by atoms with Crippen LogP contribution in [0.1, 0.15) is 39.2 Å². The summed E-state index contributed by atoms with van der Waals surface area (Å²) in [6.45, 7) is 11.9. The van der Waals surface area contributed by atoms with Gasteiger partial charge in [-0.05, 0) is 24.7 Å². The average molecular weight is 460 g/mol. The molecule has 1 aromatic heterocycles. The average Bonchev–Trinajstić information content (AvgIpc) is 3.21. The lowest BCUT2D eigenvalue weighted by molar-refractivity contribution is 0.00338. The van der Waals surface area contributed by atoms with Crippen molar-refractivity contribution in [3.8, 4) is 11.3 Å². The Hall–Kier alpha value is -1.93. The molecule has 2 aromatic rings. The van der Waals surface area contributed by atoms with Crippen molar-refractivity contribution < 1.29 is 19.1 Å². The molecule has 7 nitrogen and oxygen atoms in total. The first-order chi connectivity index (χ1) is 16.0. The Morgan fingerprint density at radius 2 is 1.91 bits per heavy atom. The minimum Gasteiger partial charge on any atom is -0.389 e. The Balaban J connectivity index is 1.81. The van der Waals surface area contributed by atoms with Crippen molar-refractivity contribution in [3.63, 3.8) is 0 Å². The van der Waals surface area contributed by atoms with Crippen molar-refractivity contribution in [2.45, 2.75) is 46.3 Å². The summed E-state index contributed by atoms with van der Waals surface area (Å²) >= 11 is 0. The highest BCUT2D eigenvalue weighted by Crippen LogP contribution is 2.34. The number of aromatic nitrogens is 1. The van der Waals surface area contributed by atoms with Crippen LogP contribution in [0.2, 0.25) is 0 Å². The molecule has 7 heteroatoms. The second kappa shape index (κ2) is 13.1. The predicted octanol–water partition coefficient (Wildman–Crippen LogP) is 4.06. The second-order valence-electron chi connectivity index (χ2n) is 9.66. The number of hydrogen-bond donors (Lipinski definition) is 1. The lowest BCUT2D eigenvalue weighted by atomic mass is 9.98. The third kappa shape index (κ3) is 7.81. The monoisotopic (exact) mass is 459 g/mol. The summed E-state index contributed by atoms with van der Waals surface area (Å²) in [7, 11) is 1.70. The number of nitrogens with zero attached hydrogens (tertiary/aromatic N) is 3. The van der Waals surface area contributed by atoms with Gasteiger partial charge in [0.2, 0.25) is 5.88 Å². The standard InChI is InChI=1S/C26H41N3O4/c1-20(2)18-32-19-23(30)16-28(14-15-31-4)17-24-25(22-8-6-5-7-9-22)27-33-26(24)29-12-10-21(3)11-13-29/h5-9,20-21,23,30H,10-19H2,1-4H3. The fourth-order valence-electron chi connectivity index (χ4n) is 4.20. The molecule has 1 fully saturated rings. The summed E-state index contributed by atoms with van der Waals surface area (Å²) < 4.78 is 17.0. The van der Waals surface area contributed by atoms with Crippen LogP contribution in [0, 0.1) is 11.8 Å². The fourth-order valence-corrected chi connectivity index (χ4v) is 4.20. The quantitative estimate of drug-likeness (QED) is 0.484. The first kappa shape index (κ1) is 25.7. The van der Waals surface area contributed by atoms with E-state index in [2.05, 4.69) is 47.9 Å². The number of ether oxygens (including phenoxy) is 2. The molecule has 1 aromatic carbocycles. The number of anilines is 1. The maximum Gasteiger partial charge on any atom is 0.232 e. The van der Waals surface area contributed by atoms with Gasteiger partial charge in [0.15, 0.2) is 0 Å². The second-order valence-corrected chi connectivity index (χ2v) is 9.66. The van der Waals surface area contributed by atoms with E-state index in [1.54, 1.807) is 7.11 Å². The molecule has 0 radical (unpaired) electrons. The van der Waals surface area contributed by atoms with E-state index >= 15 is 0 Å². The van der Waals surface area contributed by atoms with Gasteiger partial charge >= 0.3 is 0 Å². The Morgan fingerprint density at radius 3 is 2.58 bits per heavy atom. The van der Waals surface area contributed by atoms with E-state index in [4.69, 9.17) is 14.0 Å². The van der Waals surface area contributed by atoms with Crippen molar-refractivity contribution in [2.75, 3.05) is 58.0 Å². The molecule has 0 amide bonds. The van der Waals surface area contributed by atoms with E-state index in [1.807, 2.05) is 18.2 Å². The van der Waals surface area contributed by atoms with Crippen LogP contribution in [-0.4, -0.2) is 74.4 Å². The Bertz CT molecular complexity index is 803. The van der Waals surface area contributed by atoms with Crippen LogP contribution in [0.15, 0.2) is 34.9 Å². The van der Waals surface area contributed by atoms with Crippen molar-refractivity contribution in [1.29, 1.82) is 0 Å². The zero-order valence-electron chi connectivity index (χ0n) is 20.7. The molecular weight excluding hydrogens is 418 g/mol. The summed E-state index contributed by atoms with van der Waals surface area (Å²) in [6, 6.07) is 10.2. The smallest absolute Gasteiger partial charge is 0.232 e. The van der Waals surface area contributed by atoms with E-state index in [0.29, 0.717) is 45.4 Å². The lowest BCUT2D eigenvalue weighted by Crippen LogP contribution is -2.38. The minimum absolute atomic E-state index is 0.327. The number of aliphatic hydroxyl groups is 1. The van der Waals surface area contributed by atoms with Crippen LogP contribution < -0.4 is 4.90 Å². The number of aliphatic hydroxyl groups excluding tert-OH is 1. The summed E-state index contributed by atoms with van der Waals surface area (Å²) in [5.74, 6) is 2.04. The third-order valence-corrected chi connectivity index (χ3v) is 6.11. The van der Waals surface area contributed by atoms with Gasteiger partial charge in [0.05, 0.1) is 24.9 Å². The van der Waals surface area contributed by atoms with E-state index in [1.165, 1.54) is 0 Å². The van der Waals surface area contributed by atoms with Crippen molar-refractivity contribution in [3.05, 3.63) is 35.9 Å². The van der Waals surface area contributed by atoms with Crippen LogP contribution in [-0.2, 0) is 16.0 Å². The van der Waals surface area contributed by atoms with Crippen molar-refractivity contribution in [1.82, 2.24) is 10.1 Å². The molecule has 3 rings (SSSR count). The molecule has 0 aliphatic carbocycles. The SMILES string of the molecule is COCCN(Cc1c(-c2ccccc2)noc1N1CCC(C)CC1)CC(O)COCC(C)C. The van der Waals surface area contributed by atoms with Gasteiger partial charge in [-0.3, -0.25) is 4.90 Å². The van der Waals surface area contributed by atoms with Gasteiger partial charge in [0.25, 0.3) is 0 Å². The highest BCUT2D eigenvalue weighted by atomic mass is 16.5. The highest BCUT2D eigenvalue weighted by molar-refractivity contribution is 5.68. The molecule has 184 valence electrons. The van der Waals surface area contributed by atoms with Gasteiger partial charge in [-0.1, -0.05) is 56.3 Å². The van der Waals surface area contributed by atoms with Crippen LogP contribution in [0.25, 0.3) is 11.3 Å². The van der Waals surface area contributed by atoms with Gasteiger partial charge in [-0.25, -0.2) is 0 Å². The van der Waals surface area contributed by atoms with Crippen LogP contribution in [0.3, 0.4) is 0 Å². The molecule has 0 spiro atoms. The van der Waals surface area contributed by atoms with Crippen LogP contribution >= 0.6 is 0 Å². The molecule has 1 aliphatic rings. The van der Waals surface area contributed by atoms with Gasteiger partial charge in [-0.15, -0.1) is 0 Å². The third-order valence-electron chi connectivity index (χ3n) is 6.11. The molecular formula is C26H41N3O4. The summed E-state index contributed by atoms with van der Waals surface area (Å²) in [6.07, 6.45) is 1.74.